The van der Waals surface area contributed by atoms with Gasteiger partial charge in [-0.05, 0) is 74.7 Å². The van der Waals surface area contributed by atoms with Gasteiger partial charge in [-0.2, -0.15) is 0 Å². The molecule has 4 nitrogen and oxygen atoms in total. The minimum absolute atomic E-state index is 0. The molecule has 0 radical (unpaired) electrons. The minimum atomic E-state index is -0.294. The molecule has 8 aromatic carbocycles. The van der Waals surface area contributed by atoms with Crippen LogP contribution in [0.15, 0.2) is 200 Å². The second kappa shape index (κ2) is 15.7. The first-order valence-corrected chi connectivity index (χ1v) is 20.7. The Morgan fingerprint density at radius 3 is 1.85 bits per heavy atom. The van der Waals surface area contributed by atoms with Gasteiger partial charge in [0.05, 0.1) is 22.3 Å². The summed E-state index contributed by atoms with van der Waals surface area (Å²) in [5.41, 5.74) is 18.4. The molecule has 0 amide bonds. The third-order valence-electron chi connectivity index (χ3n) is 12.3. The van der Waals surface area contributed by atoms with E-state index in [4.69, 9.17) is 9.97 Å². The Morgan fingerprint density at radius 1 is 0.516 bits per heavy atom. The fraction of sp³-hybridized carbons (Fsp3) is 0.0526. The van der Waals surface area contributed by atoms with Crippen molar-refractivity contribution in [3.8, 4) is 89.7 Å². The van der Waals surface area contributed by atoms with E-state index in [1.54, 1.807) is 6.07 Å². The molecule has 0 atom stereocenters. The van der Waals surface area contributed by atoms with Gasteiger partial charge in [-0.15, -0.1) is 17.7 Å². The molecule has 1 N–H and O–H groups in total. The summed E-state index contributed by atoms with van der Waals surface area (Å²) >= 11 is 0. The monoisotopic (exact) mass is 977 g/mol. The predicted molar refractivity (Wildman–Crippen MR) is 250 cm³/mol. The molecule has 0 saturated carbocycles. The summed E-state index contributed by atoms with van der Waals surface area (Å²) in [5, 5.41) is 11.3. The molecule has 0 bridgehead atoms. The van der Waals surface area contributed by atoms with Crippen LogP contribution in [0.25, 0.3) is 95.0 Å². The maximum absolute atomic E-state index is 11.3. The van der Waals surface area contributed by atoms with Crippen molar-refractivity contribution in [1.82, 2.24) is 14.5 Å². The van der Waals surface area contributed by atoms with Crippen LogP contribution in [0.5, 0.6) is 5.75 Å². The molecule has 5 heteroatoms. The third kappa shape index (κ3) is 6.51. The van der Waals surface area contributed by atoms with E-state index in [1.165, 1.54) is 33.4 Å². The quantitative estimate of drug-likeness (QED) is 0.162. The molecule has 2 aromatic heterocycles. The van der Waals surface area contributed by atoms with E-state index in [1.807, 2.05) is 36.5 Å². The van der Waals surface area contributed by atoms with Gasteiger partial charge in [-0.3, -0.25) is 9.55 Å². The van der Waals surface area contributed by atoms with Crippen LogP contribution in [0, 0.1) is 6.07 Å². The van der Waals surface area contributed by atoms with Gasteiger partial charge in [0.15, 0.2) is 0 Å². The van der Waals surface area contributed by atoms with Gasteiger partial charge in [0, 0.05) is 38.5 Å². The molecular weight excluding hydrogens is 938 g/mol. The van der Waals surface area contributed by atoms with E-state index in [-0.39, 0.29) is 32.2 Å². The van der Waals surface area contributed by atoms with Crippen molar-refractivity contribution in [1.29, 1.82) is 0 Å². The normalized spacial score (nSPS) is 12.4. The van der Waals surface area contributed by atoms with Gasteiger partial charge >= 0.3 is 0 Å². The number of para-hydroxylation sites is 3. The first-order valence-electron chi connectivity index (χ1n) is 20.7. The van der Waals surface area contributed by atoms with E-state index in [0.717, 1.165) is 61.4 Å². The Bertz CT molecular complexity index is 3280. The first-order chi connectivity index (χ1) is 29.9. The van der Waals surface area contributed by atoms with Gasteiger partial charge in [0.2, 0.25) is 0 Å². The van der Waals surface area contributed by atoms with Crippen LogP contribution in [0.1, 0.15) is 25.0 Å². The smallest absolute Gasteiger partial charge is 0.148 e. The van der Waals surface area contributed by atoms with Crippen LogP contribution in [0.3, 0.4) is 0 Å². The van der Waals surface area contributed by atoms with Crippen LogP contribution in [0.4, 0.5) is 0 Å². The number of pyridine rings is 1. The number of aromatic nitrogens is 3. The number of benzene rings is 8. The van der Waals surface area contributed by atoms with Crippen LogP contribution >= 0.6 is 0 Å². The molecule has 1 aliphatic rings. The molecule has 0 unspecified atom stereocenters. The van der Waals surface area contributed by atoms with Crippen molar-refractivity contribution >= 4 is 11.0 Å². The summed E-state index contributed by atoms with van der Waals surface area (Å²) < 4.78 is 2.19. The SMILES string of the molecule is CC1(C)c2ccccc2-c2cc(-c3cccc4c3nc(-c3ccccc3O)n4-c3ccccc3-c3ccccc3)[c-]c(-c3cc(-c4ccc(-c5ccccc5)cc4)ccn3)c21.[Pt]. The Labute approximate surface area is 376 Å². The molecule has 11 rings (SSSR count). The Morgan fingerprint density at radius 2 is 1.11 bits per heavy atom. The second-order valence-electron chi connectivity index (χ2n) is 16.2. The molecule has 0 fully saturated rings. The number of rotatable bonds is 7. The number of fused-ring (bicyclic) bond motifs is 4. The van der Waals surface area contributed by atoms with Gasteiger partial charge in [0.25, 0.3) is 0 Å². The van der Waals surface area contributed by atoms with Crippen molar-refractivity contribution < 1.29 is 26.2 Å². The van der Waals surface area contributed by atoms with Crippen molar-refractivity contribution in [3.05, 3.63) is 218 Å². The van der Waals surface area contributed by atoms with Crippen molar-refractivity contribution in [2.45, 2.75) is 19.3 Å². The van der Waals surface area contributed by atoms with Crippen LogP contribution in [0.2, 0.25) is 0 Å². The summed E-state index contributed by atoms with van der Waals surface area (Å²) in [4.78, 5) is 10.5. The summed E-state index contributed by atoms with van der Waals surface area (Å²) in [6.45, 7) is 4.62. The zero-order valence-corrected chi connectivity index (χ0v) is 36.4. The Balaban J connectivity index is 0.00000458. The molecule has 300 valence electrons. The predicted octanol–water partition coefficient (Wildman–Crippen LogP) is 14.2. The largest absolute Gasteiger partial charge is 0.507 e. The third-order valence-corrected chi connectivity index (χ3v) is 12.3. The van der Waals surface area contributed by atoms with Gasteiger partial charge in [-0.25, -0.2) is 4.98 Å². The van der Waals surface area contributed by atoms with E-state index in [2.05, 4.69) is 182 Å². The number of phenols is 1. The summed E-state index contributed by atoms with van der Waals surface area (Å²) in [7, 11) is 0. The number of hydrogen-bond acceptors (Lipinski definition) is 3. The molecule has 1 aliphatic carbocycles. The zero-order valence-electron chi connectivity index (χ0n) is 34.2. The number of nitrogens with zero attached hydrogens (tertiary/aromatic N) is 3. The summed E-state index contributed by atoms with van der Waals surface area (Å²) in [5.74, 6) is 0.827. The fourth-order valence-corrected chi connectivity index (χ4v) is 9.35. The minimum Gasteiger partial charge on any atom is -0.507 e. The number of hydrogen-bond donors (Lipinski definition) is 1. The van der Waals surface area contributed by atoms with Crippen molar-refractivity contribution in [2.24, 2.45) is 0 Å². The standard InChI is InChI=1S/C57H40N3O.Pt/c1-57(2)49-24-12-9-21-45(49)47-34-42(35-48(54(47)57)50-36-41(32-33-58-50)39-30-28-38(29-31-39)37-16-5-3-6-17-37)44-23-15-26-52-55(44)59-56(46-22-11-14-27-53(46)61)60(52)51-25-13-10-20-43(51)40-18-7-4-8-19-40;/h3-34,36,61H,1-2H3;/q-1;. The maximum atomic E-state index is 11.3. The van der Waals surface area contributed by atoms with Gasteiger partial charge in [0.1, 0.15) is 11.6 Å². The van der Waals surface area contributed by atoms with Crippen LogP contribution < -0.4 is 0 Å². The molecular formula is C57H40N3OPt-. The van der Waals surface area contributed by atoms with Crippen LogP contribution in [-0.4, -0.2) is 19.6 Å². The Kier molecular flexibility index (Phi) is 9.90. The zero-order chi connectivity index (χ0) is 41.1. The molecule has 0 aliphatic heterocycles. The first kappa shape index (κ1) is 39.0. The molecule has 2 heterocycles. The molecule has 10 aromatic rings. The van der Waals surface area contributed by atoms with Crippen molar-refractivity contribution in [3.63, 3.8) is 0 Å². The van der Waals surface area contributed by atoms with E-state index in [9.17, 15) is 5.11 Å². The molecule has 0 saturated heterocycles. The average Bonchev–Trinajstić information content (AvgIpc) is 3.82. The number of imidazole rings is 1. The van der Waals surface area contributed by atoms with Gasteiger partial charge < -0.3 is 5.11 Å². The molecule has 62 heavy (non-hydrogen) atoms. The van der Waals surface area contributed by atoms with Crippen LogP contribution in [-0.2, 0) is 26.5 Å². The number of aromatic hydroxyl groups is 1. The second-order valence-corrected chi connectivity index (χ2v) is 16.2. The summed E-state index contributed by atoms with van der Waals surface area (Å²) in [6, 6.07) is 71.2. The van der Waals surface area contributed by atoms with Gasteiger partial charge in [-0.1, -0.05) is 194 Å². The maximum Gasteiger partial charge on any atom is 0.148 e. The average molecular weight is 978 g/mol. The number of phenolic OH excluding ortho intramolecular Hbond substituents is 1. The Hall–Kier alpha value is -7.13. The fourth-order valence-electron chi connectivity index (χ4n) is 9.35. The summed E-state index contributed by atoms with van der Waals surface area (Å²) in [6.07, 6.45) is 1.92. The van der Waals surface area contributed by atoms with Crippen molar-refractivity contribution in [2.75, 3.05) is 0 Å². The van der Waals surface area contributed by atoms with E-state index in [0.29, 0.717) is 11.4 Å². The topological polar surface area (TPSA) is 50.9 Å². The molecule has 0 spiro atoms. The van der Waals surface area contributed by atoms with E-state index < -0.39 is 0 Å². The van der Waals surface area contributed by atoms with E-state index >= 15 is 0 Å².